The molecule has 1 atom stereocenters. The lowest BCUT2D eigenvalue weighted by Crippen LogP contribution is -2.11. The van der Waals surface area contributed by atoms with E-state index in [4.69, 9.17) is 5.11 Å². The highest BCUT2D eigenvalue weighted by atomic mass is 16.4. The van der Waals surface area contributed by atoms with Gasteiger partial charge in [0.25, 0.3) is 0 Å². The van der Waals surface area contributed by atoms with Gasteiger partial charge < -0.3 is 10.4 Å². The van der Waals surface area contributed by atoms with Gasteiger partial charge in [-0.15, -0.1) is 0 Å². The van der Waals surface area contributed by atoms with Crippen LogP contribution in [0.4, 0.5) is 0 Å². The average molecular weight is 246 g/mol. The largest absolute Gasteiger partial charge is 0.478 e. The van der Waals surface area contributed by atoms with Crippen molar-refractivity contribution in [3.8, 4) is 0 Å². The zero-order valence-electron chi connectivity index (χ0n) is 9.83. The molecule has 0 bridgehead atoms. The highest BCUT2D eigenvalue weighted by Gasteiger charge is 2.19. The van der Waals surface area contributed by atoms with Gasteiger partial charge in [-0.2, -0.15) is 5.10 Å². The van der Waals surface area contributed by atoms with Crippen LogP contribution in [0, 0.1) is 5.92 Å². The lowest BCUT2D eigenvalue weighted by atomic mass is 10.1. The number of hydrogen-bond acceptors (Lipinski definition) is 4. The second-order valence-corrected chi connectivity index (χ2v) is 4.59. The molecule has 0 aromatic carbocycles. The number of aromatic carboxylic acids is 1. The minimum Gasteiger partial charge on any atom is -0.478 e. The van der Waals surface area contributed by atoms with Gasteiger partial charge >= 0.3 is 5.97 Å². The van der Waals surface area contributed by atoms with E-state index < -0.39 is 5.97 Å². The summed E-state index contributed by atoms with van der Waals surface area (Å²) in [5.41, 5.74) is 0.617. The fourth-order valence-electron chi connectivity index (χ4n) is 2.35. The maximum Gasteiger partial charge on any atom is 0.339 e. The average Bonchev–Trinajstić information content (AvgIpc) is 2.96. The molecule has 1 fully saturated rings. The Labute approximate surface area is 104 Å². The van der Waals surface area contributed by atoms with Crippen molar-refractivity contribution in [3.63, 3.8) is 0 Å². The quantitative estimate of drug-likeness (QED) is 0.828. The van der Waals surface area contributed by atoms with Gasteiger partial charge in [0.1, 0.15) is 5.56 Å². The summed E-state index contributed by atoms with van der Waals surface area (Å²) in [7, 11) is 0. The Balaban J connectivity index is 1.94. The number of carboxylic acid groups (broad SMARTS) is 1. The van der Waals surface area contributed by atoms with E-state index in [1.807, 2.05) is 0 Å². The standard InChI is InChI=1S/C12H14N4O2/c17-12(18)9-2-1-5-16-11(9)14-10(15-16)6-8-3-4-13-7-8/h1-2,5,8,13H,3-4,6-7H2,(H,17,18). The highest BCUT2D eigenvalue weighted by molar-refractivity contribution is 5.94. The van der Waals surface area contributed by atoms with Gasteiger partial charge in [-0.1, -0.05) is 0 Å². The van der Waals surface area contributed by atoms with Crippen LogP contribution in [0.25, 0.3) is 5.65 Å². The van der Waals surface area contributed by atoms with Gasteiger partial charge in [-0.3, -0.25) is 0 Å². The molecule has 0 saturated carbocycles. The minimum atomic E-state index is -0.970. The number of pyridine rings is 1. The van der Waals surface area contributed by atoms with Gasteiger partial charge in [-0.25, -0.2) is 14.3 Å². The van der Waals surface area contributed by atoms with Gasteiger partial charge in [-0.05, 0) is 37.6 Å². The van der Waals surface area contributed by atoms with E-state index in [-0.39, 0.29) is 5.56 Å². The number of nitrogens with one attached hydrogen (secondary N) is 1. The predicted octanol–water partition coefficient (Wildman–Crippen LogP) is 0.579. The molecule has 1 aliphatic heterocycles. The Morgan fingerprint density at radius 3 is 3.22 bits per heavy atom. The fraction of sp³-hybridized carbons (Fsp3) is 0.417. The highest BCUT2D eigenvalue weighted by Crippen LogP contribution is 2.15. The Kier molecular flexibility index (Phi) is 2.71. The first-order chi connectivity index (χ1) is 8.74. The van der Waals surface area contributed by atoms with Gasteiger partial charge in [0.15, 0.2) is 11.5 Å². The van der Waals surface area contributed by atoms with E-state index in [1.165, 1.54) is 0 Å². The smallest absolute Gasteiger partial charge is 0.339 e. The van der Waals surface area contributed by atoms with E-state index in [0.717, 1.165) is 31.8 Å². The third kappa shape index (κ3) is 1.95. The van der Waals surface area contributed by atoms with E-state index in [1.54, 1.807) is 22.8 Å². The van der Waals surface area contributed by atoms with Crippen LogP contribution >= 0.6 is 0 Å². The number of carboxylic acids is 1. The van der Waals surface area contributed by atoms with E-state index >= 15 is 0 Å². The molecule has 2 aromatic rings. The maximum absolute atomic E-state index is 11.1. The van der Waals surface area contributed by atoms with Gasteiger partial charge in [0, 0.05) is 12.6 Å². The number of rotatable bonds is 3. The first-order valence-corrected chi connectivity index (χ1v) is 6.02. The van der Waals surface area contributed by atoms with Crippen LogP contribution in [0.3, 0.4) is 0 Å². The van der Waals surface area contributed by atoms with Crippen LogP contribution in [-0.4, -0.2) is 38.8 Å². The summed E-state index contributed by atoms with van der Waals surface area (Å²) in [4.78, 5) is 15.4. The topological polar surface area (TPSA) is 79.5 Å². The molecule has 3 rings (SSSR count). The molecule has 18 heavy (non-hydrogen) atoms. The van der Waals surface area contributed by atoms with Crippen molar-refractivity contribution in [2.75, 3.05) is 13.1 Å². The van der Waals surface area contributed by atoms with Crippen molar-refractivity contribution in [1.29, 1.82) is 0 Å². The van der Waals surface area contributed by atoms with Crippen LogP contribution in [-0.2, 0) is 6.42 Å². The lowest BCUT2D eigenvalue weighted by molar-refractivity contribution is 0.0698. The molecule has 1 saturated heterocycles. The van der Waals surface area contributed by atoms with Crippen LogP contribution < -0.4 is 5.32 Å². The molecule has 94 valence electrons. The fourth-order valence-corrected chi connectivity index (χ4v) is 2.35. The van der Waals surface area contributed by atoms with Crippen molar-refractivity contribution < 1.29 is 9.90 Å². The SMILES string of the molecule is O=C(O)c1cccn2nc(CC3CCNC3)nc12. The summed E-state index contributed by atoms with van der Waals surface area (Å²) in [6, 6.07) is 3.22. The first-order valence-electron chi connectivity index (χ1n) is 6.02. The molecular weight excluding hydrogens is 232 g/mol. The molecule has 6 heteroatoms. The third-order valence-corrected chi connectivity index (χ3v) is 3.27. The Hall–Kier alpha value is -1.95. The molecule has 0 radical (unpaired) electrons. The summed E-state index contributed by atoms with van der Waals surface area (Å²) < 4.78 is 1.54. The van der Waals surface area contributed by atoms with Crippen LogP contribution in [0.5, 0.6) is 0 Å². The third-order valence-electron chi connectivity index (χ3n) is 3.27. The van der Waals surface area contributed by atoms with E-state index in [2.05, 4.69) is 15.4 Å². The summed E-state index contributed by atoms with van der Waals surface area (Å²) >= 11 is 0. The van der Waals surface area contributed by atoms with Crippen LogP contribution in [0.15, 0.2) is 18.3 Å². The van der Waals surface area contributed by atoms with Crippen molar-refractivity contribution >= 4 is 11.6 Å². The number of aromatic nitrogens is 3. The summed E-state index contributed by atoms with van der Waals surface area (Å²) in [6.07, 6.45) is 3.65. The van der Waals surface area contributed by atoms with Crippen molar-refractivity contribution in [3.05, 3.63) is 29.7 Å². The van der Waals surface area contributed by atoms with Gasteiger partial charge in [0.2, 0.25) is 0 Å². The first kappa shape index (κ1) is 11.2. The molecule has 2 N–H and O–H groups in total. The molecule has 1 unspecified atom stereocenters. The molecule has 0 amide bonds. The maximum atomic E-state index is 11.1. The van der Waals surface area contributed by atoms with Crippen molar-refractivity contribution in [2.45, 2.75) is 12.8 Å². The summed E-state index contributed by atoms with van der Waals surface area (Å²) in [6.45, 7) is 2.03. The Bertz CT molecular complexity index is 587. The molecule has 0 spiro atoms. The number of hydrogen-bond donors (Lipinski definition) is 2. The molecule has 1 aliphatic rings. The monoisotopic (exact) mass is 246 g/mol. The number of nitrogens with zero attached hydrogens (tertiary/aromatic N) is 3. The number of fused-ring (bicyclic) bond motifs is 1. The summed E-state index contributed by atoms with van der Waals surface area (Å²) in [5, 5.41) is 16.7. The van der Waals surface area contributed by atoms with Crippen LogP contribution in [0.1, 0.15) is 22.6 Å². The Morgan fingerprint density at radius 1 is 1.61 bits per heavy atom. The zero-order chi connectivity index (χ0) is 12.5. The van der Waals surface area contributed by atoms with Crippen LogP contribution in [0.2, 0.25) is 0 Å². The molecular formula is C12H14N4O2. The lowest BCUT2D eigenvalue weighted by Gasteiger charge is -2.02. The number of carbonyl (C=O) groups is 1. The van der Waals surface area contributed by atoms with Crippen molar-refractivity contribution in [2.24, 2.45) is 5.92 Å². The van der Waals surface area contributed by atoms with E-state index in [9.17, 15) is 4.79 Å². The minimum absolute atomic E-state index is 0.195. The zero-order valence-corrected chi connectivity index (χ0v) is 9.83. The molecule has 0 aliphatic carbocycles. The molecule has 2 aromatic heterocycles. The van der Waals surface area contributed by atoms with Gasteiger partial charge in [0.05, 0.1) is 0 Å². The van der Waals surface area contributed by atoms with Crippen molar-refractivity contribution in [1.82, 2.24) is 19.9 Å². The second kappa shape index (κ2) is 4.38. The molecule has 6 nitrogen and oxygen atoms in total. The summed E-state index contributed by atoms with van der Waals surface area (Å²) in [5.74, 6) is 0.301. The second-order valence-electron chi connectivity index (χ2n) is 4.59. The van der Waals surface area contributed by atoms with E-state index in [0.29, 0.717) is 11.6 Å². The molecule has 3 heterocycles. The normalized spacial score (nSPS) is 19.4. The Morgan fingerprint density at radius 2 is 2.50 bits per heavy atom. The predicted molar refractivity (Wildman–Crippen MR) is 64.6 cm³/mol.